The van der Waals surface area contributed by atoms with E-state index in [0.717, 1.165) is 27.4 Å². The molecular formula is C16H19BrN2O2. The minimum absolute atomic E-state index is 0.104. The lowest BCUT2D eigenvalue weighted by molar-refractivity contribution is -0.141. The van der Waals surface area contributed by atoms with Crippen molar-refractivity contribution in [1.29, 1.82) is 0 Å². The average Bonchev–Trinajstić information content (AvgIpc) is 2.52. The molecule has 0 spiro atoms. The van der Waals surface area contributed by atoms with Gasteiger partial charge in [0.1, 0.15) is 0 Å². The number of hydrogen-bond donors (Lipinski definition) is 1. The molecule has 0 amide bonds. The van der Waals surface area contributed by atoms with Gasteiger partial charge >= 0.3 is 5.97 Å². The first-order chi connectivity index (χ1) is 10.1. The molecule has 2 aromatic rings. The van der Waals surface area contributed by atoms with Crippen LogP contribution in [0.2, 0.25) is 0 Å². The molecule has 2 N–H and O–H groups in total. The van der Waals surface area contributed by atoms with Gasteiger partial charge in [-0.3, -0.25) is 9.78 Å². The third-order valence-corrected chi connectivity index (χ3v) is 4.44. The van der Waals surface area contributed by atoms with Crippen molar-refractivity contribution in [2.45, 2.75) is 31.7 Å². The van der Waals surface area contributed by atoms with Crippen LogP contribution in [0.5, 0.6) is 0 Å². The molecule has 112 valence electrons. The number of fused-ring (bicyclic) bond motifs is 1. The predicted molar refractivity (Wildman–Crippen MR) is 87.1 cm³/mol. The lowest BCUT2D eigenvalue weighted by Gasteiger charge is -2.23. The first kappa shape index (κ1) is 15.9. The summed E-state index contributed by atoms with van der Waals surface area (Å²) in [5.41, 5.74) is 8.11. The quantitative estimate of drug-likeness (QED) is 0.839. The number of hydrogen-bond acceptors (Lipinski definition) is 4. The van der Waals surface area contributed by atoms with Gasteiger partial charge in [-0.15, -0.1) is 0 Å². The Balaban J connectivity index is 2.54. The van der Waals surface area contributed by atoms with Crippen molar-refractivity contribution in [2.75, 3.05) is 7.11 Å². The fourth-order valence-corrected chi connectivity index (χ4v) is 2.95. The van der Waals surface area contributed by atoms with Crippen LogP contribution in [0.25, 0.3) is 10.9 Å². The summed E-state index contributed by atoms with van der Waals surface area (Å²) in [5, 5.41) is 1.02. The van der Waals surface area contributed by atoms with Crippen molar-refractivity contribution in [3.05, 3.63) is 40.5 Å². The summed E-state index contributed by atoms with van der Waals surface area (Å²) in [6.07, 6.45) is 2.80. The molecule has 5 heteroatoms. The smallest absolute Gasteiger partial charge is 0.306 e. The summed E-state index contributed by atoms with van der Waals surface area (Å²) >= 11 is 3.54. The number of halogens is 1. The molecule has 21 heavy (non-hydrogen) atoms. The number of rotatable bonds is 5. The molecule has 1 heterocycles. The fraction of sp³-hybridized carbons (Fsp3) is 0.375. The summed E-state index contributed by atoms with van der Waals surface area (Å²) in [6.45, 7) is 2.02. The third kappa shape index (κ3) is 3.41. The number of methoxy groups -OCH3 is 1. The van der Waals surface area contributed by atoms with Crippen molar-refractivity contribution in [2.24, 2.45) is 5.73 Å². The fourth-order valence-electron chi connectivity index (χ4n) is 2.50. The molecule has 0 aliphatic heterocycles. The molecule has 1 aromatic carbocycles. The Morgan fingerprint density at radius 2 is 2.19 bits per heavy atom. The highest BCUT2D eigenvalue weighted by molar-refractivity contribution is 9.10. The van der Waals surface area contributed by atoms with E-state index >= 15 is 0 Å². The van der Waals surface area contributed by atoms with Gasteiger partial charge in [0.05, 0.1) is 19.0 Å². The zero-order chi connectivity index (χ0) is 15.4. The molecule has 4 nitrogen and oxygen atoms in total. The van der Waals surface area contributed by atoms with Crippen molar-refractivity contribution in [1.82, 2.24) is 4.98 Å². The van der Waals surface area contributed by atoms with Crippen LogP contribution >= 0.6 is 15.9 Å². The molecule has 0 saturated carbocycles. The lowest BCUT2D eigenvalue weighted by atomic mass is 9.86. The van der Waals surface area contributed by atoms with Crippen LogP contribution in [0, 0.1) is 0 Å². The number of nitrogens with zero attached hydrogens (tertiary/aromatic N) is 1. The van der Waals surface area contributed by atoms with Crippen molar-refractivity contribution in [3.8, 4) is 0 Å². The van der Waals surface area contributed by atoms with Crippen molar-refractivity contribution in [3.63, 3.8) is 0 Å². The van der Waals surface area contributed by atoms with Gasteiger partial charge in [0.25, 0.3) is 0 Å². The van der Waals surface area contributed by atoms with Gasteiger partial charge < -0.3 is 10.5 Å². The topological polar surface area (TPSA) is 65.2 Å². The average molecular weight is 351 g/mol. The highest BCUT2D eigenvalue weighted by atomic mass is 79.9. The van der Waals surface area contributed by atoms with Gasteiger partial charge in [-0.1, -0.05) is 35.0 Å². The molecule has 0 aliphatic rings. The number of benzene rings is 1. The van der Waals surface area contributed by atoms with E-state index in [9.17, 15) is 4.79 Å². The second-order valence-corrected chi connectivity index (χ2v) is 5.85. The number of pyridine rings is 1. The monoisotopic (exact) mass is 350 g/mol. The molecular weight excluding hydrogens is 332 g/mol. The molecule has 2 atom stereocenters. The predicted octanol–water partition coefficient (Wildman–Crippen LogP) is 3.38. The Kier molecular flexibility index (Phi) is 5.31. The summed E-state index contributed by atoms with van der Waals surface area (Å²) < 4.78 is 5.79. The maximum atomic E-state index is 11.7. The molecule has 0 bridgehead atoms. The number of ether oxygens (including phenoxy) is 1. The molecule has 0 radical (unpaired) electrons. The normalized spacial score (nSPS) is 13.9. The minimum atomic E-state index is -0.254. The first-order valence-corrected chi connectivity index (χ1v) is 7.73. The van der Waals surface area contributed by atoms with Gasteiger partial charge in [-0.2, -0.15) is 0 Å². The first-order valence-electron chi connectivity index (χ1n) is 6.94. The SMILES string of the molecule is CCC(N)C(CC(=O)OC)c1ccc(Br)c2cccnc12. The lowest BCUT2D eigenvalue weighted by Crippen LogP contribution is -2.30. The van der Waals surface area contributed by atoms with Gasteiger partial charge in [0, 0.05) is 28.0 Å². The highest BCUT2D eigenvalue weighted by Crippen LogP contribution is 2.33. The summed E-state index contributed by atoms with van der Waals surface area (Å²) in [6, 6.07) is 7.75. The molecule has 0 saturated heterocycles. The van der Waals surface area contributed by atoms with Crippen LogP contribution in [0.3, 0.4) is 0 Å². The van der Waals surface area contributed by atoms with Crippen molar-refractivity contribution < 1.29 is 9.53 Å². The Bertz CT molecular complexity index is 645. The van der Waals surface area contributed by atoms with Gasteiger partial charge in [0.2, 0.25) is 0 Å². The van der Waals surface area contributed by atoms with E-state index in [1.807, 2.05) is 31.2 Å². The number of aromatic nitrogens is 1. The third-order valence-electron chi connectivity index (χ3n) is 3.75. The maximum Gasteiger partial charge on any atom is 0.306 e. The van der Waals surface area contributed by atoms with Gasteiger partial charge in [0.15, 0.2) is 0 Å². The van der Waals surface area contributed by atoms with E-state index in [0.29, 0.717) is 0 Å². The Morgan fingerprint density at radius 3 is 2.86 bits per heavy atom. The van der Waals surface area contributed by atoms with Gasteiger partial charge in [-0.25, -0.2) is 0 Å². The highest BCUT2D eigenvalue weighted by Gasteiger charge is 2.25. The Labute approximate surface area is 132 Å². The summed E-state index contributed by atoms with van der Waals surface area (Å²) in [7, 11) is 1.40. The largest absolute Gasteiger partial charge is 0.469 e. The second kappa shape index (κ2) is 7.00. The zero-order valence-electron chi connectivity index (χ0n) is 12.2. The van der Waals surface area contributed by atoms with Crippen LogP contribution in [-0.4, -0.2) is 24.1 Å². The van der Waals surface area contributed by atoms with Crippen LogP contribution in [-0.2, 0) is 9.53 Å². The van der Waals surface area contributed by atoms with E-state index in [4.69, 9.17) is 10.5 Å². The molecule has 2 unspecified atom stereocenters. The molecule has 0 fully saturated rings. The second-order valence-electron chi connectivity index (χ2n) is 5.00. The van der Waals surface area contributed by atoms with E-state index in [-0.39, 0.29) is 24.3 Å². The Hall–Kier alpha value is -1.46. The van der Waals surface area contributed by atoms with Crippen LogP contribution in [0.15, 0.2) is 34.9 Å². The zero-order valence-corrected chi connectivity index (χ0v) is 13.8. The standard InChI is InChI=1S/C16H19BrN2O2/c1-3-14(18)12(9-15(20)21-2)10-6-7-13(17)11-5-4-8-19-16(10)11/h4-8,12,14H,3,9,18H2,1-2H3. The van der Waals surface area contributed by atoms with E-state index in [2.05, 4.69) is 20.9 Å². The van der Waals surface area contributed by atoms with Crippen LogP contribution in [0.1, 0.15) is 31.2 Å². The van der Waals surface area contributed by atoms with Crippen molar-refractivity contribution >= 4 is 32.8 Å². The van der Waals surface area contributed by atoms with E-state index < -0.39 is 0 Å². The van der Waals surface area contributed by atoms with Crippen LogP contribution in [0.4, 0.5) is 0 Å². The molecule has 1 aromatic heterocycles. The van der Waals surface area contributed by atoms with Gasteiger partial charge in [-0.05, 0) is 24.1 Å². The number of carbonyl (C=O) groups excluding carboxylic acids is 1. The maximum absolute atomic E-state index is 11.7. The van der Waals surface area contributed by atoms with E-state index in [1.54, 1.807) is 6.20 Å². The Morgan fingerprint density at radius 1 is 1.43 bits per heavy atom. The number of carbonyl (C=O) groups is 1. The summed E-state index contributed by atoms with van der Waals surface area (Å²) in [5.74, 6) is -0.358. The number of nitrogens with two attached hydrogens (primary N) is 1. The van der Waals surface area contributed by atoms with E-state index in [1.165, 1.54) is 7.11 Å². The summed E-state index contributed by atoms with van der Waals surface area (Å²) in [4.78, 5) is 16.2. The molecule has 0 aliphatic carbocycles. The van der Waals surface area contributed by atoms with Crippen LogP contribution < -0.4 is 5.73 Å². The number of esters is 1. The molecule has 2 rings (SSSR count). The minimum Gasteiger partial charge on any atom is -0.469 e.